The molecule has 0 amide bonds. The first-order valence-corrected chi connectivity index (χ1v) is 10.1. The van der Waals surface area contributed by atoms with Crippen molar-refractivity contribution in [2.24, 2.45) is 0 Å². The van der Waals surface area contributed by atoms with E-state index in [4.69, 9.17) is 9.47 Å². The molecule has 1 N–H and O–H groups in total. The van der Waals surface area contributed by atoms with Gasteiger partial charge in [0, 0.05) is 4.88 Å². The van der Waals surface area contributed by atoms with Gasteiger partial charge in [0.2, 0.25) is 0 Å². The summed E-state index contributed by atoms with van der Waals surface area (Å²) in [5.74, 6) is 0.626. The molecular weight excluding hydrogens is 418 g/mol. The van der Waals surface area contributed by atoms with Crippen LogP contribution in [0.25, 0.3) is 0 Å². The zero-order valence-electron chi connectivity index (χ0n) is 14.8. The van der Waals surface area contributed by atoms with E-state index in [9.17, 15) is 9.90 Å². The number of rotatable bonds is 6. The molecule has 140 valence electrons. The molecule has 0 spiro atoms. The number of thiophene rings is 1. The largest absolute Gasteiger partial charge is 0.496 e. The van der Waals surface area contributed by atoms with Crippen LogP contribution in [0.1, 0.15) is 35.7 Å². The van der Waals surface area contributed by atoms with E-state index in [2.05, 4.69) is 20.8 Å². The van der Waals surface area contributed by atoms with E-state index in [1.165, 1.54) is 0 Å². The number of halogens is 1. The fourth-order valence-corrected chi connectivity index (χ4v) is 5.18. The van der Waals surface area contributed by atoms with Crippen LogP contribution in [0, 0.1) is 0 Å². The van der Waals surface area contributed by atoms with Gasteiger partial charge in [0.25, 0.3) is 0 Å². The Morgan fingerprint density at radius 1 is 1.23 bits per heavy atom. The zero-order chi connectivity index (χ0) is 18.7. The normalized spacial score (nSPS) is 19.1. The minimum Gasteiger partial charge on any atom is -0.496 e. The Labute approximate surface area is 165 Å². The fraction of sp³-hybridized carbons (Fsp3) is 0.421. The van der Waals surface area contributed by atoms with Crippen LogP contribution in [0.2, 0.25) is 0 Å². The van der Waals surface area contributed by atoms with Gasteiger partial charge in [0.15, 0.2) is 0 Å². The first kappa shape index (κ1) is 19.2. The smallest absolute Gasteiger partial charge is 0.320 e. The monoisotopic (exact) mass is 439 g/mol. The van der Waals surface area contributed by atoms with Crippen molar-refractivity contribution in [2.75, 3.05) is 20.8 Å². The Balaban J connectivity index is 2.18. The van der Waals surface area contributed by atoms with Gasteiger partial charge in [-0.1, -0.05) is 12.5 Å². The Morgan fingerprint density at radius 2 is 1.92 bits per heavy atom. The number of carbonyl (C=O) groups is 1. The number of benzene rings is 1. The van der Waals surface area contributed by atoms with Gasteiger partial charge in [-0.3, -0.25) is 9.69 Å². The van der Waals surface area contributed by atoms with E-state index in [0.29, 0.717) is 17.9 Å². The van der Waals surface area contributed by atoms with Crippen LogP contribution in [0.5, 0.6) is 11.5 Å². The van der Waals surface area contributed by atoms with E-state index in [1.54, 1.807) is 25.6 Å². The molecule has 5 nitrogen and oxygen atoms in total. The van der Waals surface area contributed by atoms with E-state index < -0.39 is 12.0 Å². The molecule has 0 bridgehead atoms. The minimum atomic E-state index is -0.779. The highest BCUT2D eigenvalue weighted by Crippen LogP contribution is 2.45. The summed E-state index contributed by atoms with van der Waals surface area (Å²) in [6.07, 6.45) is 2.55. The topological polar surface area (TPSA) is 59.0 Å². The maximum atomic E-state index is 11.9. The number of piperidine rings is 1. The third-order valence-corrected chi connectivity index (χ3v) is 6.44. The van der Waals surface area contributed by atoms with Crippen molar-refractivity contribution >= 4 is 33.2 Å². The molecule has 26 heavy (non-hydrogen) atoms. The van der Waals surface area contributed by atoms with E-state index in [1.807, 2.05) is 30.3 Å². The molecule has 1 saturated heterocycles. The third kappa shape index (κ3) is 3.75. The Morgan fingerprint density at radius 3 is 2.46 bits per heavy atom. The summed E-state index contributed by atoms with van der Waals surface area (Å²) in [6, 6.07) is 8.95. The van der Waals surface area contributed by atoms with Crippen molar-refractivity contribution in [3.63, 3.8) is 0 Å². The van der Waals surface area contributed by atoms with Gasteiger partial charge in [-0.25, -0.2) is 0 Å². The zero-order valence-corrected chi connectivity index (χ0v) is 17.2. The molecule has 2 heterocycles. The number of carboxylic acids is 1. The Hall–Kier alpha value is -1.57. The summed E-state index contributed by atoms with van der Waals surface area (Å²) in [5, 5.41) is 9.80. The summed E-state index contributed by atoms with van der Waals surface area (Å²) < 4.78 is 12.3. The van der Waals surface area contributed by atoms with Crippen LogP contribution in [0.3, 0.4) is 0 Å². The molecule has 0 saturated carbocycles. The van der Waals surface area contributed by atoms with Gasteiger partial charge in [0.05, 0.1) is 29.6 Å². The predicted octanol–water partition coefficient (Wildman–Crippen LogP) is 4.56. The predicted molar refractivity (Wildman–Crippen MR) is 105 cm³/mol. The molecule has 0 radical (unpaired) electrons. The SMILES string of the molecule is COc1cccc(OC)c1C(c1ccc(Br)s1)N1CCCCC1C(=O)O. The highest BCUT2D eigenvalue weighted by atomic mass is 79.9. The molecule has 1 fully saturated rings. The quantitative estimate of drug-likeness (QED) is 0.714. The lowest BCUT2D eigenvalue weighted by Crippen LogP contribution is -2.46. The summed E-state index contributed by atoms with van der Waals surface area (Å²) in [7, 11) is 3.26. The van der Waals surface area contributed by atoms with Crippen molar-refractivity contribution in [2.45, 2.75) is 31.3 Å². The molecule has 1 aliphatic rings. The first-order chi connectivity index (χ1) is 12.6. The van der Waals surface area contributed by atoms with Crippen LogP contribution >= 0.6 is 27.3 Å². The number of hydrogen-bond acceptors (Lipinski definition) is 5. The summed E-state index contributed by atoms with van der Waals surface area (Å²) >= 11 is 5.14. The first-order valence-electron chi connectivity index (χ1n) is 8.51. The van der Waals surface area contributed by atoms with Gasteiger partial charge >= 0.3 is 5.97 Å². The van der Waals surface area contributed by atoms with E-state index in [0.717, 1.165) is 33.6 Å². The van der Waals surface area contributed by atoms with Crippen LogP contribution in [0.15, 0.2) is 34.1 Å². The lowest BCUT2D eigenvalue weighted by Gasteiger charge is -2.39. The van der Waals surface area contributed by atoms with Crippen LogP contribution in [-0.4, -0.2) is 42.8 Å². The van der Waals surface area contributed by atoms with Crippen LogP contribution < -0.4 is 9.47 Å². The molecule has 2 aromatic rings. The average molecular weight is 440 g/mol. The minimum absolute atomic E-state index is 0.237. The van der Waals surface area contributed by atoms with Gasteiger partial charge < -0.3 is 14.6 Å². The summed E-state index contributed by atoms with van der Waals surface area (Å²) in [5.41, 5.74) is 0.875. The number of methoxy groups -OCH3 is 2. The Bertz CT molecular complexity index is 756. The van der Waals surface area contributed by atoms with Crippen LogP contribution in [0.4, 0.5) is 0 Å². The number of carboxylic acid groups (broad SMARTS) is 1. The van der Waals surface area contributed by atoms with Crippen molar-refractivity contribution in [3.8, 4) is 11.5 Å². The molecule has 1 aromatic carbocycles. The van der Waals surface area contributed by atoms with Gasteiger partial charge in [-0.05, 0) is 59.6 Å². The number of nitrogens with zero attached hydrogens (tertiary/aromatic N) is 1. The van der Waals surface area contributed by atoms with Gasteiger partial charge in [-0.15, -0.1) is 11.3 Å². The molecule has 1 aromatic heterocycles. The number of aliphatic carboxylic acids is 1. The number of hydrogen-bond donors (Lipinski definition) is 1. The molecule has 3 rings (SSSR count). The van der Waals surface area contributed by atoms with Gasteiger partial charge in [0.1, 0.15) is 17.5 Å². The highest BCUT2D eigenvalue weighted by Gasteiger charge is 2.38. The number of likely N-dealkylation sites (tertiary alicyclic amines) is 1. The maximum absolute atomic E-state index is 11.9. The lowest BCUT2D eigenvalue weighted by molar-refractivity contribution is -0.145. The molecule has 0 aliphatic carbocycles. The summed E-state index contributed by atoms with van der Waals surface area (Å²) in [4.78, 5) is 15.1. The van der Waals surface area contributed by atoms with Crippen molar-refractivity contribution < 1.29 is 19.4 Å². The number of ether oxygens (including phenoxy) is 2. The van der Waals surface area contributed by atoms with Gasteiger partial charge in [-0.2, -0.15) is 0 Å². The Kier molecular flexibility index (Phi) is 6.21. The summed E-state index contributed by atoms with van der Waals surface area (Å²) in [6.45, 7) is 0.721. The van der Waals surface area contributed by atoms with Crippen LogP contribution in [-0.2, 0) is 4.79 Å². The molecule has 1 aliphatic heterocycles. The molecule has 7 heteroatoms. The second-order valence-corrected chi connectivity index (χ2v) is 8.70. The average Bonchev–Trinajstić information content (AvgIpc) is 3.08. The molecule has 2 unspecified atom stereocenters. The van der Waals surface area contributed by atoms with Crippen molar-refractivity contribution in [1.82, 2.24) is 4.90 Å². The van der Waals surface area contributed by atoms with E-state index >= 15 is 0 Å². The maximum Gasteiger partial charge on any atom is 0.320 e. The third-order valence-electron chi connectivity index (χ3n) is 4.76. The molecule has 2 atom stereocenters. The second-order valence-electron chi connectivity index (χ2n) is 6.21. The van der Waals surface area contributed by atoms with Crippen molar-refractivity contribution in [3.05, 3.63) is 44.6 Å². The van der Waals surface area contributed by atoms with Crippen molar-refractivity contribution in [1.29, 1.82) is 0 Å². The fourth-order valence-electron chi connectivity index (χ4n) is 3.62. The highest BCUT2D eigenvalue weighted by molar-refractivity contribution is 9.11. The lowest BCUT2D eigenvalue weighted by atomic mass is 9.94. The van der Waals surface area contributed by atoms with E-state index in [-0.39, 0.29) is 6.04 Å². The standard InChI is InChI=1S/C19H22BrNO4S/c1-24-13-7-5-8-14(25-2)17(13)18(15-9-10-16(20)26-15)21-11-4-3-6-12(21)19(22)23/h5,7-10,12,18H,3-4,6,11H2,1-2H3,(H,22,23). The molecular formula is C19H22BrNO4S. The second kappa shape index (κ2) is 8.41.